The van der Waals surface area contributed by atoms with Crippen molar-refractivity contribution in [1.82, 2.24) is 0 Å². The van der Waals surface area contributed by atoms with Crippen LogP contribution < -0.4 is 9.80 Å². The lowest BCUT2D eigenvalue weighted by Gasteiger charge is -2.36. The minimum absolute atomic E-state index is 0.152. The molecule has 0 saturated carbocycles. The van der Waals surface area contributed by atoms with Crippen LogP contribution in [0.4, 0.5) is 24.5 Å². The highest BCUT2D eigenvalue weighted by atomic mass is 79.9. The number of rotatable bonds is 3. The fourth-order valence-electron chi connectivity index (χ4n) is 5.67. The van der Waals surface area contributed by atoms with Gasteiger partial charge in [0.25, 0.3) is 0 Å². The molecule has 0 radical (unpaired) electrons. The van der Waals surface area contributed by atoms with E-state index in [2.05, 4.69) is 15.9 Å². The maximum atomic E-state index is 13.9. The average molecular weight is 567 g/mol. The van der Waals surface area contributed by atoms with Crippen LogP contribution >= 0.6 is 15.9 Å². The summed E-state index contributed by atoms with van der Waals surface area (Å²) in [7, 11) is 0. The molecular formula is C28H18BrF3N2O3. The first-order chi connectivity index (χ1) is 17.7. The molecule has 0 bridgehead atoms. The number of Topliss-reactive ketones (excluding diaryl/α,β-unsaturated/α-hetero) is 1. The number of hydrogen-bond acceptors (Lipinski definition) is 4. The first-order valence-electron chi connectivity index (χ1n) is 11.6. The first kappa shape index (κ1) is 23.7. The molecular weight excluding hydrogens is 549 g/mol. The van der Waals surface area contributed by atoms with Gasteiger partial charge in [-0.3, -0.25) is 14.4 Å². The normalized spacial score (nSPS) is 24.2. The Morgan fingerprint density at radius 2 is 1.57 bits per heavy atom. The summed E-state index contributed by atoms with van der Waals surface area (Å²) in [5.74, 6) is -3.60. The summed E-state index contributed by atoms with van der Waals surface area (Å²) in [5, 5.41) is 0. The van der Waals surface area contributed by atoms with Gasteiger partial charge in [0.2, 0.25) is 11.8 Å². The number of carbonyl (C=O) groups excluding carboxylic acids is 3. The van der Waals surface area contributed by atoms with E-state index in [1.807, 2.05) is 35.2 Å². The third-order valence-electron chi connectivity index (χ3n) is 7.24. The van der Waals surface area contributed by atoms with E-state index >= 15 is 0 Å². The lowest BCUT2D eigenvalue weighted by molar-refractivity contribution is -0.137. The Bertz CT molecular complexity index is 1480. The second-order valence-electron chi connectivity index (χ2n) is 9.24. The van der Waals surface area contributed by atoms with E-state index in [0.717, 1.165) is 32.8 Å². The Morgan fingerprint density at radius 1 is 0.865 bits per heavy atom. The van der Waals surface area contributed by atoms with Crippen molar-refractivity contribution in [3.63, 3.8) is 0 Å². The number of alkyl halides is 3. The van der Waals surface area contributed by atoms with Crippen molar-refractivity contribution < 1.29 is 27.6 Å². The number of benzene rings is 3. The molecule has 0 N–H and O–H groups in total. The lowest BCUT2D eigenvalue weighted by Crippen LogP contribution is -2.48. The average Bonchev–Trinajstić information content (AvgIpc) is 3.36. The molecule has 0 aliphatic carbocycles. The van der Waals surface area contributed by atoms with Crippen LogP contribution in [0.3, 0.4) is 0 Å². The predicted octanol–water partition coefficient (Wildman–Crippen LogP) is 5.74. The maximum Gasteiger partial charge on any atom is 0.416 e. The maximum absolute atomic E-state index is 13.9. The second kappa shape index (κ2) is 8.41. The van der Waals surface area contributed by atoms with E-state index in [1.54, 1.807) is 30.3 Å². The number of anilines is 2. The highest BCUT2D eigenvalue weighted by Gasteiger charge is 2.64. The van der Waals surface area contributed by atoms with Crippen molar-refractivity contribution in [1.29, 1.82) is 0 Å². The molecule has 0 aromatic heterocycles. The molecule has 5 nitrogen and oxygen atoms in total. The number of ketones is 1. The molecule has 6 rings (SSSR count). The van der Waals surface area contributed by atoms with Gasteiger partial charge in [0.1, 0.15) is 6.04 Å². The van der Waals surface area contributed by atoms with Gasteiger partial charge in [-0.15, -0.1) is 0 Å². The van der Waals surface area contributed by atoms with Gasteiger partial charge in [0, 0.05) is 15.7 Å². The number of hydrogen-bond donors (Lipinski definition) is 0. The molecule has 2 amide bonds. The van der Waals surface area contributed by atoms with E-state index < -0.39 is 47.5 Å². The molecule has 3 aromatic rings. The highest BCUT2D eigenvalue weighted by molar-refractivity contribution is 9.10. The van der Waals surface area contributed by atoms with Crippen molar-refractivity contribution in [2.45, 2.75) is 18.3 Å². The SMILES string of the molecule is O=C(c1ccc(Br)cc1)[C@@H]1[C@@H]2C(=O)N(c3cccc(C(F)(F)F)c3)C(=O)[C@@H]2[C@H]2C=Cc3ccccc3N21. The molecule has 2 saturated heterocycles. The van der Waals surface area contributed by atoms with Gasteiger partial charge in [-0.2, -0.15) is 13.2 Å². The molecule has 186 valence electrons. The van der Waals surface area contributed by atoms with Crippen molar-refractivity contribution in [3.8, 4) is 0 Å². The highest BCUT2D eigenvalue weighted by Crippen LogP contribution is 2.50. The Morgan fingerprint density at radius 3 is 2.30 bits per heavy atom. The summed E-state index contributed by atoms with van der Waals surface area (Å²) in [5.41, 5.74) is 0.838. The van der Waals surface area contributed by atoms with E-state index in [1.165, 1.54) is 12.1 Å². The van der Waals surface area contributed by atoms with Crippen LogP contribution in [0.25, 0.3) is 6.08 Å². The van der Waals surface area contributed by atoms with Gasteiger partial charge >= 0.3 is 6.18 Å². The zero-order valence-corrected chi connectivity index (χ0v) is 20.6. The third-order valence-corrected chi connectivity index (χ3v) is 7.77. The summed E-state index contributed by atoms with van der Waals surface area (Å²) in [6.45, 7) is 0. The van der Waals surface area contributed by atoms with E-state index in [9.17, 15) is 27.6 Å². The largest absolute Gasteiger partial charge is 0.416 e. The Kier molecular flexibility index (Phi) is 5.38. The third kappa shape index (κ3) is 3.63. The number of amides is 2. The Labute approximate surface area is 218 Å². The first-order valence-corrected chi connectivity index (χ1v) is 12.4. The van der Waals surface area contributed by atoms with Crippen molar-refractivity contribution in [3.05, 3.63) is 100 Å². The zero-order valence-electron chi connectivity index (χ0n) is 19.0. The van der Waals surface area contributed by atoms with Crippen LogP contribution in [-0.2, 0) is 15.8 Å². The standard InChI is InChI=1S/C28H18BrF3N2O3/c29-18-11-8-16(9-12-18)25(35)24-23-22(21-13-10-15-4-1-2-7-20(15)34(21)24)26(36)33(27(23)37)19-6-3-5-17(14-19)28(30,31)32/h1-14,21-24H/t21-,22-,23-,24+/m1/s1. The van der Waals surface area contributed by atoms with Crippen LogP contribution in [0.1, 0.15) is 21.5 Å². The number of nitrogens with zero attached hydrogens (tertiary/aromatic N) is 2. The number of fused-ring (bicyclic) bond motifs is 5. The number of para-hydroxylation sites is 1. The van der Waals surface area contributed by atoms with Crippen LogP contribution in [0, 0.1) is 11.8 Å². The van der Waals surface area contributed by atoms with E-state index in [0.29, 0.717) is 5.56 Å². The van der Waals surface area contributed by atoms with Gasteiger partial charge in [-0.25, -0.2) is 4.90 Å². The molecule has 3 aliphatic rings. The molecule has 0 unspecified atom stereocenters. The van der Waals surface area contributed by atoms with Gasteiger partial charge in [0.05, 0.1) is 29.1 Å². The van der Waals surface area contributed by atoms with Gasteiger partial charge < -0.3 is 4.90 Å². The summed E-state index contributed by atoms with van der Waals surface area (Å²) in [6.07, 6.45) is -0.981. The van der Waals surface area contributed by atoms with E-state index in [-0.39, 0.29) is 11.5 Å². The second-order valence-corrected chi connectivity index (χ2v) is 10.2. The van der Waals surface area contributed by atoms with Crippen LogP contribution in [0.2, 0.25) is 0 Å². The van der Waals surface area contributed by atoms with Crippen molar-refractivity contribution in [2.24, 2.45) is 11.8 Å². The number of halogens is 4. The fraction of sp³-hybridized carbons (Fsp3) is 0.179. The van der Waals surface area contributed by atoms with Gasteiger partial charge in [-0.1, -0.05) is 64.5 Å². The molecule has 37 heavy (non-hydrogen) atoms. The number of imide groups is 1. The van der Waals surface area contributed by atoms with Crippen LogP contribution in [-0.4, -0.2) is 29.7 Å². The van der Waals surface area contributed by atoms with Crippen LogP contribution in [0.15, 0.2) is 83.3 Å². The van der Waals surface area contributed by atoms with Crippen molar-refractivity contribution in [2.75, 3.05) is 9.80 Å². The summed E-state index contributed by atoms with van der Waals surface area (Å²) in [6, 6.07) is 16.7. The molecule has 9 heteroatoms. The molecule has 4 atom stereocenters. The zero-order chi connectivity index (χ0) is 26.1. The summed E-state index contributed by atoms with van der Waals surface area (Å²) >= 11 is 3.35. The smallest absolute Gasteiger partial charge is 0.352 e. The predicted molar refractivity (Wildman–Crippen MR) is 135 cm³/mol. The topological polar surface area (TPSA) is 57.7 Å². The van der Waals surface area contributed by atoms with Crippen molar-refractivity contribution >= 4 is 51.0 Å². The molecule has 0 spiro atoms. The summed E-state index contributed by atoms with van der Waals surface area (Å²) in [4.78, 5) is 44.1. The lowest BCUT2D eigenvalue weighted by atomic mass is 9.86. The quantitative estimate of drug-likeness (QED) is 0.299. The fourth-order valence-corrected chi connectivity index (χ4v) is 5.94. The molecule has 3 aromatic carbocycles. The monoisotopic (exact) mass is 566 g/mol. The molecule has 2 fully saturated rings. The minimum atomic E-state index is -4.63. The minimum Gasteiger partial charge on any atom is -0.352 e. The Balaban J connectivity index is 1.48. The molecule has 3 aliphatic heterocycles. The van der Waals surface area contributed by atoms with Gasteiger partial charge in [0.15, 0.2) is 5.78 Å². The molecule has 3 heterocycles. The van der Waals surface area contributed by atoms with E-state index in [4.69, 9.17) is 0 Å². The van der Waals surface area contributed by atoms with Gasteiger partial charge in [-0.05, 0) is 42.0 Å². The number of carbonyl (C=O) groups is 3. The summed E-state index contributed by atoms with van der Waals surface area (Å²) < 4.78 is 40.9. The van der Waals surface area contributed by atoms with Crippen LogP contribution in [0.5, 0.6) is 0 Å². The Hall–Kier alpha value is -3.72.